The number of hydrogen-bond donors (Lipinski definition) is 1. The van der Waals surface area contributed by atoms with Crippen molar-refractivity contribution in [3.05, 3.63) is 41.3 Å². The molecule has 0 aliphatic rings. The molecule has 0 spiro atoms. The lowest BCUT2D eigenvalue weighted by Gasteiger charge is -2.32. The van der Waals surface area contributed by atoms with Gasteiger partial charge < -0.3 is 14.6 Å². The van der Waals surface area contributed by atoms with Crippen LogP contribution in [-0.2, 0) is 11.2 Å². The maximum atomic E-state index is 12.3. The Morgan fingerprint density at radius 1 is 1.23 bits per heavy atom. The highest BCUT2D eigenvalue weighted by molar-refractivity contribution is 5.78. The lowest BCUT2D eigenvalue weighted by Crippen LogP contribution is -2.48. The molecule has 0 bridgehead atoms. The molecule has 0 aliphatic carbocycles. The van der Waals surface area contributed by atoms with Crippen LogP contribution in [0, 0.1) is 6.92 Å². The van der Waals surface area contributed by atoms with Crippen molar-refractivity contribution in [1.82, 2.24) is 15.2 Å². The third kappa shape index (κ3) is 4.94. The minimum atomic E-state index is -0.0994. The molecular weight excluding hydrogens is 326 g/mol. The maximum Gasteiger partial charge on any atom is 0.226 e. The summed E-state index contributed by atoms with van der Waals surface area (Å²) in [6, 6.07) is 8.22. The molecule has 2 aromatic rings. The Hall–Kier alpha value is -2.14. The van der Waals surface area contributed by atoms with Crippen LogP contribution in [0.5, 0.6) is 0 Å². The number of aromatic nitrogens is 1. The van der Waals surface area contributed by atoms with E-state index in [9.17, 15) is 4.79 Å². The molecule has 1 aromatic carbocycles. The number of nitrogens with zero attached hydrogens (tertiary/aromatic N) is 2. The van der Waals surface area contributed by atoms with Gasteiger partial charge in [0.25, 0.3) is 0 Å². The van der Waals surface area contributed by atoms with E-state index < -0.39 is 0 Å². The summed E-state index contributed by atoms with van der Waals surface area (Å²) in [4.78, 5) is 18.9. The van der Waals surface area contributed by atoms with E-state index in [2.05, 4.69) is 55.0 Å². The molecule has 1 amide bonds. The Balaban J connectivity index is 2.04. The van der Waals surface area contributed by atoms with Crippen LogP contribution >= 0.6 is 0 Å². The quantitative estimate of drug-likeness (QED) is 0.819. The average molecular weight is 357 g/mol. The van der Waals surface area contributed by atoms with Crippen molar-refractivity contribution in [2.45, 2.75) is 52.5 Å². The first-order valence-electron chi connectivity index (χ1n) is 9.11. The first-order chi connectivity index (χ1) is 12.1. The van der Waals surface area contributed by atoms with Gasteiger partial charge in [-0.15, -0.1) is 0 Å². The zero-order valence-corrected chi connectivity index (χ0v) is 17.0. The smallest absolute Gasteiger partial charge is 0.226 e. The molecular formula is C21H31N3O2. The largest absolute Gasteiger partial charge is 0.441 e. The van der Waals surface area contributed by atoms with Crippen LogP contribution in [0.1, 0.15) is 50.6 Å². The normalized spacial score (nSPS) is 12.0. The van der Waals surface area contributed by atoms with Crippen LogP contribution in [0.25, 0.3) is 11.5 Å². The minimum Gasteiger partial charge on any atom is -0.441 e. The summed E-state index contributed by atoms with van der Waals surface area (Å²) < 4.78 is 5.79. The fourth-order valence-electron chi connectivity index (χ4n) is 2.41. The number of carbonyl (C=O) groups excluding carboxylic acids is 1. The number of amides is 1. The summed E-state index contributed by atoms with van der Waals surface area (Å²) in [5, 5.41) is 2.99. The Morgan fingerprint density at radius 2 is 1.85 bits per heavy atom. The summed E-state index contributed by atoms with van der Waals surface area (Å²) in [5.74, 6) is 1.70. The van der Waals surface area contributed by atoms with Crippen molar-refractivity contribution in [2.75, 3.05) is 20.6 Å². The summed E-state index contributed by atoms with van der Waals surface area (Å²) in [5.41, 5.74) is 2.80. The number of nitrogens with one attached hydrogen (secondary N) is 1. The number of rotatable bonds is 7. The summed E-state index contributed by atoms with van der Waals surface area (Å²) in [7, 11) is 4.01. The number of oxazole rings is 1. The lowest BCUT2D eigenvalue weighted by molar-refractivity contribution is -0.121. The van der Waals surface area contributed by atoms with Gasteiger partial charge in [-0.3, -0.25) is 4.79 Å². The van der Waals surface area contributed by atoms with Gasteiger partial charge in [0.1, 0.15) is 5.76 Å². The Bertz CT molecular complexity index is 743. The van der Waals surface area contributed by atoms with Crippen LogP contribution in [0.4, 0.5) is 0 Å². The Labute approximate surface area is 156 Å². The molecule has 0 unspecified atom stereocenters. The second-order valence-corrected chi connectivity index (χ2v) is 7.96. The van der Waals surface area contributed by atoms with E-state index in [0.29, 0.717) is 29.8 Å². The summed E-state index contributed by atoms with van der Waals surface area (Å²) >= 11 is 0. The van der Waals surface area contributed by atoms with Crippen LogP contribution in [0.2, 0.25) is 0 Å². The van der Waals surface area contributed by atoms with Crippen molar-refractivity contribution < 1.29 is 9.21 Å². The third-order valence-corrected chi connectivity index (χ3v) is 4.97. The van der Waals surface area contributed by atoms with Gasteiger partial charge >= 0.3 is 0 Å². The molecule has 2 rings (SSSR count). The van der Waals surface area contributed by atoms with E-state index >= 15 is 0 Å². The highest BCUT2D eigenvalue weighted by Gasteiger charge is 2.22. The fraction of sp³-hybridized carbons (Fsp3) is 0.524. The predicted octanol–water partition coefficient (Wildman–Crippen LogP) is 3.77. The van der Waals surface area contributed by atoms with Crippen molar-refractivity contribution in [1.29, 1.82) is 0 Å². The summed E-state index contributed by atoms with van der Waals surface area (Å²) in [6.07, 6.45) is 0.225. The van der Waals surface area contributed by atoms with E-state index in [1.54, 1.807) is 0 Å². The highest BCUT2D eigenvalue weighted by atomic mass is 16.4. The molecule has 1 heterocycles. The minimum absolute atomic E-state index is 0.0435. The molecule has 5 nitrogen and oxygen atoms in total. The molecule has 142 valence electrons. The standard InChI is InChI=1S/C21H31N3O2/c1-14(2)16-8-10-17(11-9-16)20-23-18(15(3)26-20)12-19(25)22-13-21(4,5)24(6)7/h8-11,14H,12-13H2,1-7H3,(H,22,25). The average Bonchev–Trinajstić information content (AvgIpc) is 2.94. The second kappa shape index (κ2) is 8.04. The topological polar surface area (TPSA) is 58.4 Å². The van der Waals surface area contributed by atoms with Gasteiger partial charge in [-0.1, -0.05) is 26.0 Å². The summed E-state index contributed by atoms with van der Waals surface area (Å²) in [6.45, 7) is 10.9. The van der Waals surface area contributed by atoms with E-state index in [1.165, 1.54) is 5.56 Å². The second-order valence-electron chi connectivity index (χ2n) is 7.96. The zero-order valence-electron chi connectivity index (χ0n) is 17.0. The van der Waals surface area contributed by atoms with E-state index in [4.69, 9.17) is 4.42 Å². The number of carbonyl (C=O) groups is 1. The number of benzene rings is 1. The molecule has 5 heteroatoms. The van der Waals surface area contributed by atoms with Gasteiger partial charge in [-0.25, -0.2) is 4.98 Å². The number of likely N-dealkylation sites (N-methyl/N-ethyl adjacent to an activating group) is 1. The van der Waals surface area contributed by atoms with Crippen LogP contribution < -0.4 is 5.32 Å². The monoisotopic (exact) mass is 357 g/mol. The molecule has 0 saturated heterocycles. The maximum absolute atomic E-state index is 12.3. The number of hydrogen-bond acceptors (Lipinski definition) is 4. The van der Waals surface area contributed by atoms with E-state index in [1.807, 2.05) is 33.2 Å². The van der Waals surface area contributed by atoms with Crippen molar-refractivity contribution in [3.8, 4) is 11.5 Å². The van der Waals surface area contributed by atoms with Crippen LogP contribution in [-0.4, -0.2) is 42.0 Å². The fourth-order valence-corrected chi connectivity index (χ4v) is 2.41. The van der Waals surface area contributed by atoms with E-state index in [-0.39, 0.29) is 17.9 Å². The Morgan fingerprint density at radius 3 is 2.38 bits per heavy atom. The molecule has 0 aliphatic heterocycles. The predicted molar refractivity (Wildman–Crippen MR) is 105 cm³/mol. The molecule has 0 saturated carbocycles. The van der Waals surface area contributed by atoms with Crippen molar-refractivity contribution >= 4 is 5.91 Å². The van der Waals surface area contributed by atoms with Gasteiger partial charge in [-0.2, -0.15) is 0 Å². The number of aryl methyl sites for hydroxylation is 1. The lowest BCUT2D eigenvalue weighted by atomic mass is 10.0. The van der Waals surface area contributed by atoms with Gasteiger partial charge in [-0.05, 0) is 58.5 Å². The first kappa shape index (κ1) is 20.2. The van der Waals surface area contributed by atoms with Crippen LogP contribution in [0.3, 0.4) is 0 Å². The molecule has 0 fully saturated rings. The zero-order chi connectivity index (χ0) is 19.5. The van der Waals surface area contributed by atoms with Gasteiger partial charge in [0, 0.05) is 17.6 Å². The molecule has 26 heavy (non-hydrogen) atoms. The van der Waals surface area contributed by atoms with Gasteiger partial charge in [0.05, 0.1) is 12.1 Å². The molecule has 0 atom stereocenters. The van der Waals surface area contributed by atoms with E-state index in [0.717, 1.165) is 5.56 Å². The third-order valence-electron chi connectivity index (χ3n) is 4.97. The van der Waals surface area contributed by atoms with Crippen molar-refractivity contribution in [2.24, 2.45) is 0 Å². The molecule has 1 aromatic heterocycles. The van der Waals surface area contributed by atoms with Crippen molar-refractivity contribution in [3.63, 3.8) is 0 Å². The highest BCUT2D eigenvalue weighted by Crippen LogP contribution is 2.24. The van der Waals surface area contributed by atoms with Crippen LogP contribution in [0.15, 0.2) is 28.7 Å². The molecule has 0 radical (unpaired) electrons. The SMILES string of the molecule is Cc1oc(-c2ccc(C(C)C)cc2)nc1CC(=O)NCC(C)(C)N(C)C. The molecule has 1 N–H and O–H groups in total. The van der Waals surface area contributed by atoms with Gasteiger partial charge in [0.15, 0.2) is 0 Å². The first-order valence-corrected chi connectivity index (χ1v) is 9.11. The van der Waals surface area contributed by atoms with Gasteiger partial charge in [0.2, 0.25) is 11.8 Å². The Kier molecular flexibility index (Phi) is 6.24.